The van der Waals surface area contributed by atoms with E-state index in [2.05, 4.69) is 20.7 Å². The molecule has 0 radical (unpaired) electrons. The monoisotopic (exact) mass is 366 g/mol. The summed E-state index contributed by atoms with van der Waals surface area (Å²) < 4.78 is 37.3. The van der Waals surface area contributed by atoms with E-state index >= 15 is 0 Å². The number of anilines is 1. The molecular weight excluding hydrogens is 348 g/mol. The van der Waals surface area contributed by atoms with E-state index in [1.54, 1.807) is 7.11 Å². The Hall–Kier alpha value is -0.670. The van der Waals surface area contributed by atoms with Crippen LogP contribution in [0.2, 0.25) is 0 Å². The van der Waals surface area contributed by atoms with Crippen molar-refractivity contribution >= 4 is 31.6 Å². The van der Waals surface area contributed by atoms with E-state index in [1.807, 2.05) is 6.92 Å². The Morgan fingerprint density at radius 3 is 2.60 bits per heavy atom. The van der Waals surface area contributed by atoms with Crippen LogP contribution < -0.4 is 10.5 Å². The number of benzene rings is 1. The lowest BCUT2D eigenvalue weighted by Gasteiger charge is -2.10. The lowest BCUT2D eigenvalue weighted by molar-refractivity contribution is 0.0736. The normalized spacial score (nSPS) is 11.8. The van der Waals surface area contributed by atoms with Crippen molar-refractivity contribution in [3.8, 4) is 0 Å². The SMILES string of the molecule is COCCOCCNS(=O)(=O)c1cc(N)c(C)c(Br)c1. The molecule has 20 heavy (non-hydrogen) atoms. The number of ether oxygens (including phenoxy) is 2. The number of sulfonamides is 1. The summed E-state index contributed by atoms with van der Waals surface area (Å²) in [7, 11) is -2.01. The number of methoxy groups -OCH3 is 1. The van der Waals surface area contributed by atoms with Gasteiger partial charge in [-0.3, -0.25) is 0 Å². The third kappa shape index (κ3) is 5.02. The molecule has 0 amide bonds. The van der Waals surface area contributed by atoms with E-state index in [0.717, 1.165) is 5.56 Å². The molecule has 0 saturated heterocycles. The smallest absolute Gasteiger partial charge is 0.240 e. The minimum atomic E-state index is -3.59. The van der Waals surface area contributed by atoms with Gasteiger partial charge < -0.3 is 15.2 Å². The van der Waals surface area contributed by atoms with Crippen LogP contribution in [0.3, 0.4) is 0 Å². The Kier molecular flexibility index (Phi) is 6.90. The van der Waals surface area contributed by atoms with Gasteiger partial charge in [0.2, 0.25) is 10.0 Å². The molecule has 0 unspecified atom stereocenters. The minimum absolute atomic E-state index is 0.129. The fraction of sp³-hybridized carbons (Fsp3) is 0.500. The van der Waals surface area contributed by atoms with Crippen LogP contribution in [0.25, 0.3) is 0 Å². The summed E-state index contributed by atoms with van der Waals surface area (Å²) in [5, 5.41) is 0. The van der Waals surface area contributed by atoms with Crippen LogP contribution in [0.15, 0.2) is 21.5 Å². The van der Waals surface area contributed by atoms with Gasteiger partial charge in [0.05, 0.1) is 24.7 Å². The highest BCUT2D eigenvalue weighted by molar-refractivity contribution is 9.10. The van der Waals surface area contributed by atoms with Gasteiger partial charge >= 0.3 is 0 Å². The number of nitrogens with two attached hydrogens (primary N) is 1. The van der Waals surface area contributed by atoms with Crippen molar-refractivity contribution in [2.24, 2.45) is 0 Å². The molecule has 0 aliphatic heterocycles. The average Bonchev–Trinajstić information content (AvgIpc) is 2.39. The number of hydrogen-bond acceptors (Lipinski definition) is 5. The molecule has 0 heterocycles. The summed E-state index contributed by atoms with van der Waals surface area (Å²) in [5.41, 5.74) is 7.01. The summed E-state index contributed by atoms with van der Waals surface area (Å²) in [6, 6.07) is 2.97. The van der Waals surface area contributed by atoms with Gasteiger partial charge in [-0.25, -0.2) is 13.1 Å². The van der Waals surface area contributed by atoms with E-state index in [0.29, 0.717) is 23.4 Å². The molecule has 0 aliphatic rings. The van der Waals surface area contributed by atoms with E-state index in [1.165, 1.54) is 12.1 Å². The van der Waals surface area contributed by atoms with Gasteiger partial charge in [-0.15, -0.1) is 0 Å². The highest BCUT2D eigenvalue weighted by Crippen LogP contribution is 2.26. The molecule has 1 aromatic carbocycles. The first-order valence-electron chi connectivity index (χ1n) is 6.00. The lowest BCUT2D eigenvalue weighted by atomic mass is 10.2. The van der Waals surface area contributed by atoms with Crippen molar-refractivity contribution in [3.63, 3.8) is 0 Å². The van der Waals surface area contributed by atoms with Crippen LogP contribution in [-0.2, 0) is 19.5 Å². The molecule has 0 bridgehead atoms. The molecule has 1 aromatic rings. The number of hydrogen-bond donors (Lipinski definition) is 2. The maximum atomic E-state index is 12.1. The van der Waals surface area contributed by atoms with Crippen molar-refractivity contribution < 1.29 is 17.9 Å². The zero-order valence-electron chi connectivity index (χ0n) is 11.5. The highest BCUT2D eigenvalue weighted by atomic mass is 79.9. The topological polar surface area (TPSA) is 90.6 Å². The Bertz CT molecular complexity index is 525. The summed E-state index contributed by atoms with van der Waals surface area (Å²) >= 11 is 3.29. The first kappa shape index (κ1) is 17.4. The summed E-state index contributed by atoms with van der Waals surface area (Å²) in [4.78, 5) is 0.129. The Morgan fingerprint density at radius 2 is 2.00 bits per heavy atom. The van der Waals surface area contributed by atoms with Gasteiger partial charge in [0.15, 0.2) is 0 Å². The van der Waals surface area contributed by atoms with E-state index in [9.17, 15) is 8.42 Å². The largest absolute Gasteiger partial charge is 0.398 e. The van der Waals surface area contributed by atoms with Gasteiger partial charge in [0, 0.05) is 23.8 Å². The third-order valence-corrected chi connectivity index (χ3v) is 4.90. The van der Waals surface area contributed by atoms with E-state index < -0.39 is 10.0 Å². The molecule has 0 aliphatic carbocycles. The zero-order valence-corrected chi connectivity index (χ0v) is 13.9. The third-order valence-electron chi connectivity index (χ3n) is 2.64. The minimum Gasteiger partial charge on any atom is -0.398 e. The van der Waals surface area contributed by atoms with Crippen LogP contribution in [0.1, 0.15) is 5.56 Å². The van der Waals surface area contributed by atoms with Gasteiger partial charge in [0.25, 0.3) is 0 Å². The Balaban J connectivity index is 2.61. The lowest BCUT2D eigenvalue weighted by Crippen LogP contribution is -2.28. The average molecular weight is 367 g/mol. The van der Waals surface area contributed by atoms with Crippen LogP contribution in [0, 0.1) is 6.92 Å². The molecule has 114 valence electrons. The molecule has 0 atom stereocenters. The predicted molar refractivity (Wildman–Crippen MR) is 81.2 cm³/mol. The molecule has 0 saturated carbocycles. The maximum Gasteiger partial charge on any atom is 0.240 e. The summed E-state index contributed by atoms with van der Waals surface area (Å²) in [5.74, 6) is 0. The number of nitrogens with one attached hydrogen (secondary N) is 1. The molecule has 1 rings (SSSR count). The zero-order chi connectivity index (χ0) is 15.2. The Labute approximate surface area is 127 Å². The van der Waals surface area contributed by atoms with Crippen LogP contribution in [-0.4, -0.2) is 41.9 Å². The standard InChI is InChI=1S/C12H19BrN2O4S/c1-9-11(13)7-10(8-12(9)14)20(16,17)15-3-4-19-6-5-18-2/h7-8,15H,3-6,14H2,1-2H3. The molecular formula is C12H19BrN2O4S. The second-order valence-corrected chi connectivity index (χ2v) is 6.74. The predicted octanol–water partition coefficient (Wildman–Crippen LogP) is 1.28. The number of rotatable bonds is 8. The fourth-order valence-electron chi connectivity index (χ4n) is 1.41. The quantitative estimate of drug-likeness (QED) is 0.534. The first-order chi connectivity index (χ1) is 9.38. The van der Waals surface area contributed by atoms with Gasteiger partial charge in [0.1, 0.15) is 0 Å². The van der Waals surface area contributed by atoms with E-state index in [4.69, 9.17) is 15.2 Å². The van der Waals surface area contributed by atoms with Crippen molar-refractivity contribution in [2.75, 3.05) is 39.2 Å². The highest BCUT2D eigenvalue weighted by Gasteiger charge is 2.16. The van der Waals surface area contributed by atoms with Crippen molar-refractivity contribution in [1.82, 2.24) is 4.72 Å². The molecule has 3 N–H and O–H groups in total. The van der Waals surface area contributed by atoms with Gasteiger partial charge in [-0.2, -0.15) is 0 Å². The molecule has 0 fully saturated rings. The Morgan fingerprint density at radius 1 is 1.30 bits per heavy atom. The van der Waals surface area contributed by atoms with Crippen LogP contribution >= 0.6 is 15.9 Å². The molecule has 0 spiro atoms. The van der Waals surface area contributed by atoms with Crippen molar-refractivity contribution in [3.05, 3.63) is 22.2 Å². The second-order valence-electron chi connectivity index (χ2n) is 4.12. The summed E-state index contributed by atoms with van der Waals surface area (Å²) in [6.45, 7) is 3.20. The maximum absolute atomic E-state index is 12.1. The molecule has 8 heteroatoms. The van der Waals surface area contributed by atoms with Crippen molar-refractivity contribution in [2.45, 2.75) is 11.8 Å². The molecule has 6 nitrogen and oxygen atoms in total. The van der Waals surface area contributed by atoms with Crippen LogP contribution in [0.4, 0.5) is 5.69 Å². The fourth-order valence-corrected chi connectivity index (χ4v) is 3.11. The van der Waals surface area contributed by atoms with E-state index in [-0.39, 0.29) is 18.0 Å². The molecule has 0 aromatic heterocycles. The van der Waals surface area contributed by atoms with Crippen molar-refractivity contribution in [1.29, 1.82) is 0 Å². The first-order valence-corrected chi connectivity index (χ1v) is 8.28. The summed E-state index contributed by atoms with van der Waals surface area (Å²) in [6.07, 6.45) is 0. The van der Waals surface area contributed by atoms with Gasteiger partial charge in [-0.05, 0) is 24.6 Å². The number of halogens is 1. The number of nitrogen functional groups attached to an aromatic ring is 1. The van der Waals surface area contributed by atoms with Crippen LogP contribution in [0.5, 0.6) is 0 Å². The van der Waals surface area contributed by atoms with Gasteiger partial charge in [-0.1, -0.05) is 15.9 Å². The second kappa shape index (κ2) is 7.94.